The van der Waals surface area contributed by atoms with Gasteiger partial charge in [-0.25, -0.2) is 0 Å². The summed E-state index contributed by atoms with van der Waals surface area (Å²) >= 11 is 0. The molecule has 0 aliphatic carbocycles. The fourth-order valence-corrected chi connectivity index (χ4v) is 3.20. The van der Waals surface area contributed by atoms with Gasteiger partial charge in [0.1, 0.15) is 6.04 Å². The molecule has 2 aromatic carbocycles. The molecule has 26 heavy (non-hydrogen) atoms. The van der Waals surface area contributed by atoms with Gasteiger partial charge in [0, 0.05) is 12.1 Å². The van der Waals surface area contributed by atoms with Crippen LogP contribution in [0.1, 0.15) is 45.1 Å². The van der Waals surface area contributed by atoms with Crippen LogP contribution in [0.2, 0.25) is 0 Å². The first-order chi connectivity index (χ1) is 12.3. The lowest BCUT2D eigenvalue weighted by Gasteiger charge is -2.16. The van der Waals surface area contributed by atoms with E-state index in [9.17, 15) is 9.59 Å². The maximum Gasteiger partial charge on any atom is 0.251 e. The average Bonchev–Trinajstić information content (AvgIpc) is 2.56. The van der Waals surface area contributed by atoms with Gasteiger partial charge in [-0.3, -0.25) is 9.59 Å². The Hall–Kier alpha value is -2.62. The highest BCUT2D eigenvalue weighted by molar-refractivity contribution is 5.97. The number of hydrogen-bond donors (Lipinski definition) is 2. The SMILES string of the molecule is Cc1cccc(C(=O)NC(C)C(=O)NCCc2c(C)cc(C)cc2C)c1. The van der Waals surface area contributed by atoms with E-state index in [0.29, 0.717) is 12.1 Å². The van der Waals surface area contributed by atoms with Crippen molar-refractivity contribution in [2.45, 2.75) is 47.1 Å². The molecule has 2 aromatic rings. The van der Waals surface area contributed by atoms with Crippen LogP contribution in [0.15, 0.2) is 36.4 Å². The highest BCUT2D eigenvalue weighted by atomic mass is 16.2. The molecule has 2 amide bonds. The molecule has 0 radical (unpaired) electrons. The molecule has 0 aliphatic rings. The Morgan fingerprint density at radius 1 is 0.962 bits per heavy atom. The van der Waals surface area contributed by atoms with Gasteiger partial charge in [0.2, 0.25) is 5.91 Å². The van der Waals surface area contributed by atoms with Crippen molar-refractivity contribution in [2.24, 2.45) is 0 Å². The summed E-state index contributed by atoms with van der Waals surface area (Å²) in [6, 6.07) is 11.1. The molecule has 0 aliphatic heterocycles. The third-order valence-corrected chi connectivity index (χ3v) is 4.54. The summed E-state index contributed by atoms with van der Waals surface area (Å²) in [6.45, 7) is 10.5. The largest absolute Gasteiger partial charge is 0.354 e. The predicted molar refractivity (Wildman–Crippen MR) is 105 cm³/mol. The average molecular weight is 352 g/mol. The fourth-order valence-electron chi connectivity index (χ4n) is 3.20. The molecule has 0 saturated carbocycles. The minimum atomic E-state index is -0.580. The van der Waals surface area contributed by atoms with Crippen LogP contribution in [-0.4, -0.2) is 24.4 Å². The molecule has 138 valence electrons. The molecule has 0 heterocycles. The number of nitrogens with one attached hydrogen (secondary N) is 2. The molecule has 0 spiro atoms. The van der Waals surface area contributed by atoms with Crippen LogP contribution in [0.3, 0.4) is 0 Å². The zero-order chi connectivity index (χ0) is 19.3. The van der Waals surface area contributed by atoms with E-state index in [1.54, 1.807) is 13.0 Å². The molecule has 0 bridgehead atoms. The van der Waals surface area contributed by atoms with E-state index in [1.165, 1.54) is 22.3 Å². The monoisotopic (exact) mass is 352 g/mol. The van der Waals surface area contributed by atoms with Gasteiger partial charge in [0.15, 0.2) is 0 Å². The zero-order valence-corrected chi connectivity index (χ0v) is 16.3. The highest BCUT2D eigenvalue weighted by Gasteiger charge is 2.16. The van der Waals surface area contributed by atoms with E-state index in [0.717, 1.165) is 12.0 Å². The maximum atomic E-state index is 12.3. The maximum absolute atomic E-state index is 12.3. The Bertz CT molecular complexity index is 789. The van der Waals surface area contributed by atoms with Gasteiger partial charge in [0.25, 0.3) is 5.91 Å². The van der Waals surface area contributed by atoms with Crippen molar-refractivity contribution in [3.05, 3.63) is 69.8 Å². The Morgan fingerprint density at radius 3 is 2.23 bits per heavy atom. The van der Waals surface area contributed by atoms with Gasteiger partial charge in [0.05, 0.1) is 0 Å². The summed E-state index contributed by atoms with van der Waals surface area (Å²) in [7, 11) is 0. The van der Waals surface area contributed by atoms with E-state index >= 15 is 0 Å². The van der Waals surface area contributed by atoms with Gasteiger partial charge >= 0.3 is 0 Å². The van der Waals surface area contributed by atoms with Gasteiger partial charge in [-0.15, -0.1) is 0 Å². The lowest BCUT2D eigenvalue weighted by Crippen LogP contribution is -2.45. The Morgan fingerprint density at radius 2 is 1.62 bits per heavy atom. The fraction of sp³-hybridized carbons (Fsp3) is 0.364. The van der Waals surface area contributed by atoms with Gasteiger partial charge in [-0.1, -0.05) is 35.4 Å². The minimum absolute atomic E-state index is 0.173. The Labute approximate surface area is 156 Å². The van der Waals surface area contributed by atoms with E-state index in [4.69, 9.17) is 0 Å². The van der Waals surface area contributed by atoms with E-state index in [2.05, 4.69) is 43.5 Å². The number of rotatable bonds is 6. The van der Waals surface area contributed by atoms with Crippen LogP contribution in [0, 0.1) is 27.7 Å². The van der Waals surface area contributed by atoms with Crippen LogP contribution >= 0.6 is 0 Å². The van der Waals surface area contributed by atoms with Crippen molar-refractivity contribution in [3.63, 3.8) is 0 Å². The normalized spacial score (nSPS) is 11.7. The molecule has 4 nitrogen and oxygen atoms in total. The predicted octanol–water partition coefficient (Wildman–Crippen LogP) is 3.40. The van der Waals surface area contributed by atoms with Gasteiger partial charge in [-0.2, -0.15) is 0 Å². The van der Waals surface area contributed by atoms with Crippen molar-refractivity contribution >= 4 is 11.8 Å². The van der Waals surface area contributed by atoms with Gasteiger partial charge in [-0.05, 0) is 69.9 Å². The van der Waals surface area contributed by atoms with Crippen LogP contribution in [0.5, 0.6) is 0 Å². The third kappa shape index (κ3) is 5.19. The molecular formula is C22H28N2O2. The quantitative estimate of drug-likeness (QED) is 0.837. The number of aryl methyl sites for hydroxylation is 4. The smallest absolute Gasteiger partial charge is 0.251 e. The molecule has 2 N–H and O–H groups in total. The van der Waals surface area contributed by atoms with Crippen molar-refractivity contribution in [3.8, 4) is 0 Å². The Balaban J connectivity index is 1.87. The molecule has 0 aromatic heterocycles. The lowest BCUT2D eigenvalue weighted by molar-refractivity contribution is -0.122. The zero-order valence-electron chi connectivity index (χ0n) is 16.3. The van der Waals surface area contributed by atoms with E-state index in [1.807, 2.05) is 25.1 Å². The van der Waals surface area contributed by atoms with Crippen LogP contribution in [0.4, 0.5) is 0 Å². The molecule has 4 heteroatoms. The second-order valence-electron chi connectivity index (χ2n) is 6.98. The van der Waals surface area contributed by atoms with Crippen molar-refractivity contribution in [2.75, 3.05) is 6.54 Å². The molecule has 0 saturated heterocycles. The number of amides is 2. The summed E-state index contributed by atoms with van der Waals surface area (Å²) in [6.07, 6.45) is 0.780. The third-order valence-electron chi connectivity index (χ3n) is 4.54. The van der Waals surface area contributed by atoms with Crippen LogP contribution in [-0.2, 0) is 11.2 Å². The first kappa shape index (κ1) is 19.7. The topological polar surface area (TPSA) is 58.2 Å². The van der Waals surface area contributed by atoms with E-state index < -0.39 is 6.04 Å². The Kier molecular flexibility index (Phi) is 6.56. The first-order valence-corrected chi connectivity index (χ1v) is 9.00. The van der Waals surface area contributed by atoms with Crippen molar-refractivity contribution in [1.82, 2.24) is 10.6 Å². The molecule has 1 atom stereocenters. The minimum Gasteiger partial charge on any atom is -0.354 e. The first-order valence-electron chi connectivity index (χ1n) is 9.00. The van der Waals surface area contributed by atoms with Crippen LogP contribution < -0.4 is 10.6 Å². The molecule has 2 rings (SSSR count). The highest BCUT2D eigenvalue weighted by Crippen LogP contribution is 2.16. The number of benzene rings is 2. The summed E-state index contributed by atoms with van der Waals surface area (Å²) in [5.74, 6) is -0.407. The molecular weight excluding hydrogens is 324 g/mol. The summed E-state index contributed by atoms with van der Waals surface area (Å²) in [5, 5.41) is 5.67. The summed E-state index contributed by atoms with van der Waals surface area (Å²) in [4.78, 5) is 24.5. The number of carbonyl (C=O) groups is 2. The number of hydrogen-bond acceptors (Lipinski definition) is 2. The molecule has 1 unspecified atom stereocenters. The second-order valence-corrected chi connectivity index (χ2v) is 6.98. The molecule has 0 fully saturated rings. The standard InChI is InChI=1S/C22H28N2O2/c1-14-7-6-8-19(13-14)22(26)24-18(5)21(25)23-10-9-20-16(3)11-15(2)12-17(20)4/h6-8,11-13,18H,9-10H2,1-5H3,(H,23,25)(H,24,26). The lowest BCUT2D eigenvalue weighted by atomic mass is 9.97. The summed E-state index contributed by atoms with van der Waals surface area (Å²) < 4.78 is 0. The second kappa shape index (κ2) is 8.65. The van der Waals surface area contributed by atoms with Crippen molar-refractivity contribution < 1.29 is 9.59 Å². The van der Waals surface area contributed by atoms with Crippen LogP contribution in [0.25, 0.3) is 0 Å². The van der Waals surface area contributed by atoms with Gasteiger partial charge < -0.3 is 10.6 Å². The van der Waals surface area contributed by atoms with Crippen molar-refractivity contribution in [1.29, 1.82) is 0 Å². The summed E-state index contributed by atoms with van der Waals surface area (Å²) in [5.41, 5.74) is 6.59. The number of carbonyl (C=O) groups excluding carboxylic acids is 2. The van der Waals surface area contributed by atoms with E-state index in [-0.39, 0.29) is 11.8 Å².